The first-order chi connectivity index (χ1) is 10.5. The fourth-order valence-corrected chi connectivity index (χ4v) is 3.16. The van der Waals surface area contributed by atoms with E-state index in [-0.39, 0.29) is 5.56 Å². The summed E-state index contributed by atoms with van der Waals surface area (Å²) in [4.78, 5) is 27.6. The highest BCUT2D eigenvalue weighted by atomic mass is 16.4. The second-order valence-electron chi connectivity index (χ2n) is 5.95. The van der Waals surface area contributed by atoms with Crippen LogP contribution in [-0.2, 0) is 0 Å². The third kappa shape index (κ3) is 2.28. The highest BCUT2D eigenvalue weighted by molar-refractivity contribution is 6.10. The van der Waals surface area contributed by atoms with E-state index in [1.165, 1.54) is 0 Å². The van der Waals surface area contributed by atoms with Crippen molar-refractivity contribution in [2.24, 2.45) is 5.73 Å². The first kappa shape index (κ1) is 14.7. The minimum Gasteiger partial charge on any atom is -0.478 e. The van der Waals surface area contributed by atoms with Gasteiger partial charge in [0, 0.05) is 25.2 Å². The van der Waals surface area contributed by atoms with Crippen molar-refractivity contribution in [3.8, 4) is 0 Å². The monoisotopic (exact) mass is 303 g/mol. The van der Waals surface area contributed by atoms with E-state index in [9.17, 15) is 14.7 Å². The molecule has 3 N–H and O–H groups in total. The standard InChI is InChI=1S/C16H21N3O3/c1-3-9-7-18(9)12-6-5-11(15(17)20)14(13(12)16(21)22)19-8-10(19)4-2/h5-6,9-10H,3-4,7-8H2,1-2H3,(H2,17,20)(H,21,22). The van der Waals surface area contributed by atoms with Crippen LogP contribution >= 0.6 is 0 Å². The minimum atomic E-state index is -1.00. The van der Waals surface area contributed by atoms with E-state index in [0.29, 0.717) is 29.0 Å². The lowest BCUT2D eigenvalue weighted by Gasteiger charge is -2.18. The Hall–Kier alpha value is -2.24. The maximum atomic E-state index is 11.9. The molecule has 0 spiro atoms. The number of rotatable bonds is 6. The number of hydrogen-bond acceptors (Lipinski definition) is 4. The molecule has 6 heteroatoms. The maximum absolute atomic E-state index is 11.9. The van der Waals surface area contributed by atoms with Crippen molar-refractivity contribution in [3.05, 3.63) is 23.3 Å². The molecule has 0 aromatic heterocycles. The van der Waals surface area contributed by atoms with Gasteiger partial charge >= 0.3 is 5.97 Å². The number of hydrogen-bond donors (Lipinski definition) is 2. The van der Waals surface area contributed by atoms with E-state index < -0.39 is 11.9 Å². The fourth-order valence-electron chi connectivity index (χ4n) is 3.16. The first-order valence-electron chi connectivity index (χ1n) is 7.72. The molecule has 2 aliphatic rings. The van der Waals surface area contributed by atoms with Gasteiger partial charge < -0.3 is 20.6 Å². The summed E-state index contributed by atoms with van der Waals surface area (Å²) in [5, 5.41) is 9.72. The number of carboxylic acids is 1. The Bertz CT molecular complexity index is 644. The molecule has 0 saturated carbocycles. The average molecular weight is 303 g/mol. The van der Waals surface area contributed by atoms with Crippen LogP contribution in [0.1, 0.15) is 47.4 Å². The molecule has 2 saturated heterocycles. The Morgan fingerprint density at radius 3 is 2.23 bits per heavy atom. The number of primary amides is 1. The van der Waals surface area contributed by atoms with E-state index >= 15 is 0 Å². The molecule has 118 valence electrons. The predicted octanol–water partition coefficient (Wildman–Crippen LogP) is 1.68. The van der Waals surface area contributed by atoms with Gasteiger partial charge in [0.2, 0.25) is 0 Å². The van der Waals surface area contributed by atoms with Crippen molar-refractivity contribution in [2.75, 3.05) is 22.9 Å². The van der Waals surface area contributed by atoms with Gasteiger partial charge in [0.05, 0.1) is 16.9 Å². The molecular formula is C16H21N3O3. The summed E-state index contributed by atoms with van der Waals surface area (Å²) < 4.78 is 0. The van der Waals surface area contributed by atoms with E-state index in [0.717, 1.165) is 25.9 Å². The maximum Gasteiger partial charge on any atom is 0.339 e. The Balaban J connectivity index is 2.12. The molecule has 22 heavy (non-hydrogen) atoms. The van der Waals surface area contributed by atoms with Gasteiger partial charge in [0.1, 0.15) is 5.56 Å². The van der Waals surface area contributed by atoms with Crippen LogP contribution in [0.4, 0.5) is 11.4 Å². The topological polar surface area (TPSA) is 86.4 Å². The van der Waals surface area contributed by atoms with Crippen LogP contribution in [0, 0.1) is 0 Å². The summed E-state index contributed by atoms with van der Waals surface area (Å²) in [6.07, 6.45) is 1.90. The summed E-state index contributed by atoms with van der Waals surface area (Å²) in [6, 6.07) is 4.06. The molecule has 0 bridgehead atoms. The van der Waals surface area contributed by atoms with Crippen LogP contribution in [0.3, 0.4) is 0 Å². The van der Waals surface area contributed by atoms with E-state index in [2.05, 4.69) is 18.7 Å². The van der Waals surface area contributed by atoms with Gasteiger partial charge in [0.25, 0.3) is 5.91 Å². The van der Waals surface area contributed by atoms with Crippen LogP contribution in [0.25, 0.3) is 0 Å². The van der Waals surface area contributed by atoms with Crippen LogP contribution in [0.2, 0.25) is 0 Å². The number of carbonyl (C=O) groups is 2. The number of benzene rings is 1. The van der Waals surface area contributed by atoms with Gasteiger partial charge in [-0.2, -0.15) is 0 Å². The van der Waals surface area contributed by atoms with E-state index in [1.54, 1.807) is 12.1 Å². The molecule has 1 aromatic carbocycles. The largest absolute Gasteiger partial charge is 0.478 e. The fraction of sp³-hybridized carbons (Fsp3) is 0.500. The van der Waals surface area contributed by atoms with Crippen molar-refractivity contribution in [3.63, 3.8) is 0 Å². The third-order valence-corrected chi connectivity index (χ3v) is 4.60. The molecule has 2 fully saturated rings. The Labute approximate surface area is 129 Å². The van der Waals surface area contributed by atoms with Crippen molar-refractivity contribution >= 4 is 23.3 Å². The second kappa shape index (κ2) is 5.19. The Morgan fingerprint density at radius 2 is 1.77 bits per heavy atom. The number of carboxylic acid groups (broad SMARTS) is 1. The van der Waals surface area contributed by atoms with Gasteiger partial charge in [-0.05, 0) is 25.0 Å². The van der Waals surface area contributed by atoms with E-state index in [4.69, 9.17) is 5.73 Å². The molecular weight excluding hydrogens is 282 g/mol. The van der Waals surface area contributed by atoms with Crippen molar-refractivity contribution < 1.29 is 14.7 Å². The van der Waals surface area contributed by atoms with Crippen LogP contribution in [0.5, 0.6) is 0 Å². The van der Waals surface area contributed by atoms with Gasteiger partial charge in [-0.15, -0.1) is 0 Å². The number of nitrogens with two attached hydrogens (primary N) is 1. The first-order valence-corrected chi connectivity index (χ1v) is 7.72. The molecule has 2 aliphatic heterocycles. The summed E-state index contributed by atoms with van der Waals surface area (Å²) >= 11 is 0. The second-order valence-corrected chi connectivity index (χ2v) is 5.95. The summed E-state index contributed by atoms with van der Waals surface area (Å²) in [6.45, 7) is 5.78. The molecule has 3 rings (SSSR count). The number of amides is 1. The smallest absolute Gasteiger partial charge is 0.339 e. The van der Waals surface area contributed by atoms with Gasteiger partial charge in [0.15, 0.2) is 0 Å². The number of aromatic carboxylic acids is 1. The highest BCUT2D eigenvalue weighted by Crippen LogP contribution is 2.43. The minimum absolute atomic E-state index is 0.211. The molecule has 6 nitrogen and oxygen atoms in total. The molecule has 1 aromatic rings. The summed E-state index contributed by atoms with van der Waals surface area (Å²) in [5.74, 6) is -1.58. The van der Waals surface area contributed by atoms with Crippen molar-refractivity contribution in [2.45, 2.75) is 38.8 Å². The normalized spacial score (nSPS) is 22.6. The summed E-state index contributed by atoms with van der Waals surface area (Å²) in [7, 11) is 0. The zero-order chi connectivity index (χ0) is 16.0. The molecule has 2 heterocycles. The molecule has 1 amide bonds. The molecule has 2 atom stereocenters. The summed E-state index contributed by atoms with van der Waals surface area (Å²) in [5.41, 5.74) is 7.16. The van der Waals surface area contributed by atoms with Gasteiger partial charge in [-0.25, -0.2) is 4.79 Å². The Morgan fingerprint density at radius 1 is 1.18 bits per heavy atom. The van der Waals surface area contributed by atoms with Gasteiger partial charge in [-0.3, -0.25) is 4.79 Å². The third-order valence-electron chi connectivity index (χ3n) is 4.60. The quantitative estimate of drug-likeness (QED) is 0.781. The predicted molar refractivity (Wildman–Crippen MR) is 84.8 cm³/mol. The highest BCUT2D eigenvalue weighted by Gasteiger charge is 2.42. The SMILES string of the molecule is CCC1CN1c1ccc(C(N)=O)c(N2CC2CC)c1C(=O)O. The van der Waals surface area contributed by atoms with E-state index in [1.807, 2.05) is 4.90 Å². The van der Waals surface area contributed by atoms with Crippen LogP contribution in [0.15, 0.2) is 12.1 Å². The number of anilines is 2. The molecule has 2 unspecified atom stereocenters. The van der Waals surface area contributed by atoms with Gasteiger partial charge in [-0.1, -0.05) is 13.8 Å². The Kier molecular flexibility index (Phi) is 3.47. The van der Waals surface area contributed by atoms with Crippen molar-refractivity contribution in [1.29, 1.82) is 0 Å². The number of carbonyl (C=O) groups excluding carboxylic acids is 1. The lowest BCUT2D eigenvalue weighted by molar-refractivity contribution is 0.0698. The molecule has 0 aliphatic carbocycles. The molecule has 0 radical (unpaired) electrons. The number of nitrogens with zero attached hydrogens (tertiary/aromatic N) is 2. The lowest BCUT2D eigenvalue weighted by Crippen LogP contribution is -2.19. The average Bonchev–Trinajstić information content (AvgIpc) is 3.37. The lowest BCUT2D eigenvalue weighted by atomic mass is 10.0. The van der Waals surface area contributed by atoms with Crippen LogP contribution in [-0.4, -0.2) is 42.2 Å². The zero-order valence-electron chi connectivity index (χ0n) is 12.9. The van der Waals surface area contributed by atoms with Crippen molar-refractivity contribution in [1.82, 2.24) is 0 Å². The zero-order valence-corrected chi connectivity index (χ0v) is 12.9. The van der Waals surface area contributed by atoms with Crippen LogP contribution < -0.4 is 15.5 Å².